The minimum atomic E-state index is -0.498. The number of hydrogen-bond donors (Lipinski definition) is 1. The van der Waals surface area contributed by atoms with Crippen molar-refractivity contribution in [3.05, 3.63) is 56.9 Å². The first-order valence-electron chi connectivity index (χ1n) is 7.96. The van der Waals surface area contributed by atoms with Gasteiger partial charge < -0.3 is 9.84 Å². The van der Waals surface area contributed by atoms with Crippen LogP contribution in [0.1, 0.15) is 28.7 Å². The average molecular weight is 339 g/mol. The van der Waals surface area contributed by atoms with E-state index < -0.39 is 5.56 Å². The summed E-state index contributed by atoms with van der Waals surface area (Å²) in [6.07, 6.45) is 2.05. The van der Waals surface area contributed by atoms with Crippen LogP contribution in [0.15, 0.2) is 34.1 Å². The minimum Gasteiger partial charge on any atom is -0.494 e. The number of aliphatic imine (C=N–C) groups is 1. The quantitative estimate of drug-likeness (QED) is 0.647. The smallest absolute Gasteiger partial charge is 0.271 e. The molecule has 25 heavy (non-hydrogen) atoms. The van der Waals surface area contributed by atoms with Gasteiger partial charge in [0.2, 0.25) is 5.88 Å². The van der Waals surface area contributed by atoms with Crippen molar-refractivity contribution >= 4 is 11.9 Å². The highest BCUT2D eigenvalue weighted by Crippen LogP contribution is 2.22. The predicted octanol–water partition coefficient (Wildman–Crippen LogP) is 2.83. The second kappa shape index (κ2) is 8.27. The number of aromatic nitrogens is 1. The Morgan fingerprint density at radius 2 is 2.08 bits per heavy atom. The molecule has 1 heterocycles. The van der Waals surface area contributed by atoms with Gasteiger partial charge >= 0.3 is 0 Å². The van der Waals surface area contributed by atoms with Gasteiger partial charge in [0.15, 0.2) is 0 Å². The number of aromatic hydroxyl groups is 1. The van der Waals surface area contributed by atoms with Crippen LogP contribution in [0.4, 0.5) is 5.69 Å². The number of para-hydroxylation sites is 1. The van der Waals surface area contributed by atoms with Crippen molar-refractivity contribution in [1.29, 1.82) is 5.26 Å². The topological polar surface area (TPSA) is 87.6 Å². The first kappa shape index (κ1) is 18.4. The van der Waals surface area contributed by atoms with Crippen molar-refractivity contribution in [1.82, 2.24) is 4.57 Å². The number of rotatable bonds is 6. The second-order valence-electron chi connectivity index (χ2n) is 5.70. The fraction of sp³-hybridized carbons (Fsp3) is 0.316. The Balaban J connectivity index is 2.53. The molecule has 0 unspecified atom stereocenters. The van der Waals surface area contributed by atoms with E-state index in [4.69, 9.17) is 4.74 Å². The SMILES string of the molecule is COCCCn1c(O)c(C=Nc2ccccc2C)c(C)c(C#N)c1=O. The lowest BCUT2D eigenvalue weighted by molar-refractivity contribution is 0.188. The van der Waals surface area contributed by atoms with Crippen LogP contribution in [0, 0.1) is 25.2 Å². The Hall–Kier alpha value is -2.91. The number of nitrogens with zero attached hydrogens (tertiary/aromatic N) is 3. The predicted molar refractivity (Wildman–Crippen MR) is 96.7 cm³/mol. The largest absolute Gasteiger partial charge is 0.494 e. The number of hydrogen-bond acceptors (Lipinski definition) is 5. The molecule has 6 heteroatoms. The summed E-state index contributed by atoms with van der Waals surface area (Å²) in [6, 6.07) is 9.52. The van der Waals surface area contributed by atoms with Gasteiger partial charge in [0, 0.05) is 26.5 Å². The molecule has 6 nitrogen and oxygen atoms in total. The molecule has 0 saturated carbocycles. The van der Waals surface area contributed by atoms with Gasteiger partial charge in [-0.05, 0) is 37.5 Å². The van der Waals surface area contributed by atoms with Crippen LogP contribution in [-0.4, -0.2) is 29.6 Å². The molecule has 0 bridgehead atoms. The molecule has 0 aliphatic heterocycles. The number of methoxy groups -OCH3 is 1. The number of ether oxygens (including phenoxy) is 1. The molecule has 0 spiro atoms. The summed E-state index contributed by atoms with van der Waals surface area (Å²) in [5, 5.41) is 19.9. The normalized spacial score (nSPS) is 11.0. The maximum Gasteiger partial charge on any atom is 0.271 e. The zero-order chi connectivity index (χ0) is 18.4. The van der Waals surface area contributed by atoms with E-state index in [1.807, 2.05) is 37.3 Å². The van der Waals surface area contributed by atoms with Gasteiger partial charge in [-0.3, -0.25) is 14.4 Å². The molecule has 2 rings (SSSR count). The zero-order valence-corrected chi connectivity index (χ0v) is 14.6. The van der Waals surface area contributed by atoms with E-state index >= 15 is 0 Å². The van der Waals surface area contributed by atoms with E-state index in [1.54, 1.807) is 14.0 Å². The third kappa shape index (κ3) is 3.95. The van der Waals surface area contributed by atoms with Gasteiger partial charge in [0.25, 0.3) is 5.56 Å². The second-order valence-corrected chi connectivity index (χ2v) is 5.70. The Morgan fingerprint density at radius 1 is 1.36 bits per heavy atom. The molecule has 1 aromatic heterocycles. The maximum absolute atomic E-state index is 12.4. The molecule has 1 aromatic carbocycles. The molecule has 2 aromatic rings. The molecule has 130 valence electrons. The lowest BCUT2D eigenvalue weighted by atomic mass is 10.1. The van der Waals surface area contributed by atoms with Crippen LogP contribution in [0.2, 0.25) is 0 Å². The monoisotopic (exact) mass is 339 g/mol. The molecule has 0 saturated heterocycles. The Morgan fingerprint density at radius 3 is 2.72 bits per heavy atom. The van der Waals surface area contributed by atoms with Crippen molar-refractivity contribution in [3.8, 4) is 11.9 Å². The summed E-state index contributed by atoms with van der Waals surface area (Å²) in [7, 11) is 1.57. The molecule has 1 N–H and O–H groups in total. The third-order valence-corrected chi connectivity index (χ3v) is 4.02. The minimum absolute atomic E-state index is 0.0152. The van der Waals surface area contributed by atoms with Crippen molar-refractivity contribution < 1.29 is 9.84 Å². The van der Waals surface area contributed by atoms with Gasteiger partial charge in [-0.2, -0.15) is 5.26 Å². The fourth-order valence-electron chi connectivity index (χ4n) is 2.54. The Labute approximate surface area is 146 Å². The van der Waals surface area contributed by atoms with Crippen molar-refractivity contribution in [2.24, 2.45) is 4.99 Å². The molecular formula is C19H21N3O3. The molecule has 0 atom stereocenters. The lowest BCUT2D eigenvalue weighted by Crippen LogP contribution is -2.26. The zero-order valence-electron chi connectivity index (χ0n) is 14.6. The van der Waals surface area contributed by atoms with Gasteiger partial charge in [-0.1, -0.05) is 18.2 Å². The molecule has 0 aliphatic carbocycles. The van der Waals surface area contributed by atoms with Crippen LogP contribution in [0.5, 0.6) is 5.88 Å². The first-order chi connectivity index (χ1) is 12.0. The lowest BCUT2D eigenvalue weighted by Gasteiger charge is -2.13. The summed E-state index contributed by atoms with van der Waals surface area (Å²) < 4.78 is 6.18. The van der Waals surface area contributed by atoms with Gasteiger partial charge in [-0.25, -0.2) is 0 Å². The maximum atomic E-state index is 12.4. The Bertz CT molecular complexity index is 892. The van der Waals surface area contributed by atoms with Crippen molar-refractivity contribution in [3.63, 3.8) is 0 Å². The summed E-state index contributed by atoms with van der Waals surface area (Å²) in [6.45, 7) is 4.29. The highest BCUT2D eigenvalue weighted by molar-refractivity contribution is 5.87. The van der Waals surface area contributed by atoms with Gasteiger partial charge in [0.1, 0.15) is 11.6 Å². The third-order valence-electron chi connectivity index (χ3n) is 4.02. The van der Waals surface area contributed by atoms with Gasteiger partial charge in [0.05, 0.1) is 11.3 Å². The molecule has 0 amide bonds. The van der Waals surface area contributed by atoms with E-state index in [-0.39, 0.29) is 18.0 Å². The number of benzene rings is 1. The van der Waals surface area contributed by atoms with Gasteiger partial charge in [-0.15, -0.1) is 0 Å². The first-order valence-corrected chi connectivity index (χ1v) is 7.96. The van der Waals surface area contributed by atoms with E-state index in [0.29, 0.717) is 24.2 Å². The van der Waals surface area contributed by atoms with Crippen LogP contribution < -0.4 is 5.56 Å². The highest BCUT2D eigenvalue weighted by Gasteiger charge is 2.17. The Kier molecular flexibility index (Phi) is 6.09. The number of aryl methyl sites for hydroxylation is 1. The number of pyridine rings is 1. The van der Waals surface area contributed by atoms with E-state index in [9.17, 15) is 15.2 Å². The van der Waals surface area contributed by atoms with Crippen molar-refractivity contribution in [2.75, 3.05) is 13.7 Å². The standard InChI is InChI=1S/C19H21N3O3/c1-13-7-4-5-8-17(13)21-12-16-14(2)15(11-20)18(23)22(19(16)24)9-6-10-25-3/h4-5,7-8,12,24H,6,9-10H2,1-3H3. The average Bonchev–Trinajstić information content (AvgIpc) is 2.59. The fourth-order valence-corrected chi connectivity index (χ4v) is 2.54. The summed E-state index contributed by atoms with van der Waals surface area (Å²) in [5.41, 5.74) is 2.06. The summed E-state index contributed by atoms with van der Waals surface area (Å²) in [5.74, 6) is -0.185. The van der Waals surface area contributed by atoms with E-state index in [1.165, 1.54) is 10.8 Å². The van der Waals surface area contributed by atoms with Crippen molar-refractivity contribution in [2.45, 2.75) is 26.8 Å². The summed E-state index contributed by atoms with van der Waals surface area (Å²) in [4.78, 5) is 16.8. The van der Waals surface area contributed by atoms with Crippen LogP contribution >= 0.6 is 0 Å². The molecule has 0 aliphatic rings. The molecular weight excluding hydrogens is 318 g/mol. The van der Waals surface area contributed by atoms with E-state index in [0.717, 1.165) is 11.3 Å². The molecule has 0 fully saturated rings. The number of nitriles is 1. The van der Waals surface area contributed by atoms with Crippen LogP contribution in [-0.2, 0) is 11.3 Å². The van der Waals surface area contributed by atoms with E-state index in [2.05, 4.69) is 4.99 Å². The highest BCUT2D eigenvalue weighted by atomic mass is 16.5. The van der Waals surface area contributed by atoms with Crippen LogP contribution in [0.25, 0.3) is 0 Å². The summed E-state index contributed by atoms with van der Waals surface area (Å²) >= 11 is 0. The van der Waals surface area contributed by atoms with Crippen LogP contribution in [0.3, 0.4) is 0 Å². The molecule has 0 radical (unpaired) electrons.